The average molecular weight is 278 g/mol. The van der Waals surface area contributed by atoms with Crippen LogP contribution in [0, 0.1) is 0 Å². The van der Waals surface area contributed by atoms with Crippen molar-refractivity contribution in [3.05, 3.63) is 58.8 Å². The number of rotatable bonds is 2. The summed E-state index contributed by atoms with van der Waals surface area (Å²) in [6.07, 6.45) is 3.58. The molecule has 0 fully saturated rings. The number of carbonyl (C=O) groups excluding carboxylic acids is 1. The number of nitrogens with two attached hydrogens (primary N) is 1. The quantitative estimate of drug-likeness (QED) is 0.837. The fourth-order valence-corrected chi connectivity index (χ4v) is 1.66. The van der Waals surface area contributed by atoms with Gasteiger partial charge in [-0.1, -0.05) is 15.9 Å². The van der Waals surface area contributed by atoms with Gasteiger partial charge in [-0.05, 0) is 18.2 Å². The molecule has 1 aromatic heterocycles. The van der Waals surface area contributed by atoms with Crippen molar-refractivity contribution in [3.8, 4) is 5.69 Å². The van der Waals surface area contributed by atoms with E-state index in [1.165, 1.54) is 0 Å². The molecule has 0 aliphatic heterocycles. The fraction of sp³-hybridized carbons (Fsp3) is 0. The van der Waals surface area contributed by atoms with Crippen LogP contribution >= 0.6 is 15.9 Å². The van der Waals surface area contributed by atoms with Crippen molar-refractivity contribution in [3.63, 3.8) is 0 Å². The molecule has 80 valence electrons. The molecule has 2 rings (SSSR count). The van der Waals surface area contributed by atoms with Gasteiger partial charge >= 0.3 is 0 Å². The Labute approximate surface area is 102 Å². The van der Waals surface area contributed by atoms with Crippen LogP contribution in [-0.4, -0.2) is 5.91 Å². The topological polar surface area (TPSA) is 47.0 Å². The lowest BCUT2D eigenvalue weighted by Crippen LogP contribution is -2.31. The second-order valence-electron chi connectivity index (χ2n) is 3.34. The molecule has 0 aliphatic rings. The Hall–Kier alpha value is -1.68. The standard InChI is InChI=1S/C12H9BrN2O/c13-10-3-5-11(6-4-10)15-7-1-2-9(8-15)12(14)16/h1-8H,(H-,14,16)/p+1. The fourth-order valence-electron chi connectivity index (χ4n) is 1.39. The van der Waals surface area contributed by atoms with Crippen molar-refractivity contribution in [2.24, 2.45) is 5.73 Å². The molecule has 1 amide bonds. The lowest BCUT2D eigenvalue weighted by atomic mass is 10.2. The molecule has 0 unspecified atom stereocenters. The number of pyridine rings is 1. The van der Waals surface area contributed by atoms with Crippen molar-refractivity contribution in [1.82, 2.24) is 0 Å². The molecule has 0 saturated heterocycles. The maximum Gasteiger partial charge on any atom is 0.254 e. The minimum absolute atomic E-state index is 0.425. The van der Waals surface area contributed by atoms with E-state index in [0.29, 0.717) is 5.56 Å². The SMILES string of the molecule is NC(=O)c1ccc[n+](-c2ccc(Br)cc2)c1. The number of carbonyl (C=O) groups is 1. The van der Waals surface area contributed by atoms with E-state index in [1.807, 2.05) is 35.0 Å². The molecule has 0 bridgehead atoms. The largest absolute Gasteiger partial charge is 0.365 e. The average Bonchev–Trinajstić information content (AvgIpc) is 2.30. The van der Waals surface area contributed by atoms with E-state index in [4.69, 9.17) is 5.73 Å². The van der Waals surface area contributed by atoms with Crippen LogP contribution in [0.5, 0.6) is 0 Å². The summed E-state index contributed by atoms with van der Waals surface area (Å²) in [5, 5.41) is 0. The number of hydrogen-bond donors (Lipinski definition) is 1. The highest BCUT2D eigenvalue weighted by Gasteiger charge is 2.09. The number of primary amides is 1. The summed E-state index contributed by atoms with van der Waals surface area (Å²) in [6.45, 7) is 0. The maximum atomic E-state index is 11.0. The van der Waals surface area contributed by atoms with Gasteiger partial charge in [0.2, 0.25) is 5.69 Å². The molecule has 0 aliphatic carbocycles. The number of amides is 1. The summed E-state index contributed by atoms with van der Waals surface area (Å²) >= 11 is 3.37. The zero-order valence-electron chi connectivity index (χ0n) is 8.43. The van der Waals surface area contributed by atoms with Gasteiger partial charge in [0.05, 0.1) is 0 Å². The van der Waals surface area contributed by atoms with Gasteiger partial charge in [-0.3, -0.25) is 4.79 Å². The van der Waals surface area contributed by atoms with Crippen LogP contribution in [0.4, 0.5) is 0 Å². The van der Waals surface area contributed by atoms with E-state index in [2.05, 4.69) is 15.9 Å². The molecule has 0 saturated carbocycles. The molecule has 4 heteroatoms. The van der Waals surface area contributed by atoms with Crippen LogP contribution in [0.15, 0.2) is 53.3 Å². The van der Waals surface area contributed by atoms with Gasteiger partial charge in [0.1, 0.15) is 5.56 Å². The monoisotopic (exact) mass is 277 g/mol. The smallest absolute Gasteiger partial charge is 0.254 e. The van der Waals surface area contributed by atoms with Crippen LogP contribution in [0.3, 0.4) is 0 Å². The first kappa shape index (κ1) is 10.8. The molecule has 3 nitrogen and oxygen atoms in total. The Balaban J connectivity index is 2.44. The van der Waals surface area contributed by atoms with E-state index in [-0.39, 0.29) is 0 Å². The molecular formula is C12H10BrN2O+. The summed E-state index contributed by atoms with van der Waals surface area (Å²) in [7, 11) is 0. The van der Waals surface area contributed by atoms with E-state index >= 15 is 0 Å². The van der Waals surface area contributed by atoms with Gasteiger partial charge in [-0.15, -0.1) is 0 Å². The second kappa shape index (κ2) is 4.45. The van der Waals surface area contributed by atoms with Gasteiger partial charge in [0.15, 0.2) is 12.4 Å². The van der Waals surface area contributed by atoms with E-state index in [1.54, 1.807) is 18.3 Å². The minimum atomic E-state index is -0.425. The van der Waals surface area contributed by atoms with Crippen LogP contribution < -0.4 is 10.3 Å². The van der Waals surface area contributed by atoms with Crippen LogP contribution in [0.2, 0.25) is 0 Å². The van der Waals surface area contributed by atoms with Crippen molar-refractivity contribution in [2.45, 2.75) is 0 Å². The van der Waals surface area contributed by atoms with Gasteiger partial charge in [0.25, 0.3) is 5.91 Å². The Morgan fingerprint density at radius 3 is 2.50 bits per heavy atom. The van der Waals surface area contributed by atoms with Crippen LogP contribution in [-0.2, 0) is 0 Å². The van der Waals surface area contributed by atoms with Crippen LogP contribution in [0.1, 0.15) is 10.4 Å². The summed E-state index contributed by atoms with van der Waals surface area (Å²) < 4.78 is 2.87. The Morgan fingerprint density at radius 2 is 1.88 bits per heavy atom. The third-order valence-electron chi connectivity index (χ3n) is 2.21. The predicted octanol–water partition coefficient (Wildman–Crippen LogP) is 1.82. The van der Waals surface area contributed by atoms with Gasteiger partial charge in [0, 0.05) is 22.7 Å². The molecule has 16 heavy (non-hydrogen) atoms. The second-order valence-corrected chi connectivity index (χ2v) is 4.26. The van der Waals surface area contributed by atoms with Crippen molar-refractivity contribution in [2.75, 3.05) is 0 Å². The third kappa shape index (κ3) is 2.28. The summed E-state index contributed by atoms with van der Waals surface area (Å²) in [4.78, 5) is 11.0. The molecule has 0 radical (unpaired) electrons. The molecule has 0 atom stereocenters. The van der Waals surface area contributed by atoms with E-state index in [0.717, 1.165) is 10.2 Å². The number of hydrogen-bond acceptors (Lipinski definition) is 1. The molecular weight excluding hydrogens is 268 g/mol. The third-order valence-corrected chi connectivity index (χ3v) is 2.74. The summed E-state index contributed by atoms with van der Waals surface area (Å²) in [5.41, 5.74) is 6.69. The first-order chi connectivity index (χ1) is 7.66. The minimum Gasteiger partial charge on any atom is -0.365 e. The summed E-state index contributed by atoms with van der Waals surface area (Å²) in [6, 6.07) is 11.3. The van der Waals surface area contributed by atoms with E-state index < -0.39 is 5.91 Å². The highest BCUT2D eigenvalue weighted by Crippen LogP contribution is 2.10. The molecule has 1 heterocycles. The predicted molar refractivity (Wildman–Crippen MR) is 64.2 cm³/mol. The first-order valence-corrected chi connectivity index (χ1v) is 5.53. The van der Waals surface area contributed by atoms with Crippen molar-refractivity contribution < 1.29 is 9.36 Å². The summed E-state index contributed by atoms with van der Waals surface area (Å²) in [5.74, 6) is -0.425. The lowest BCUT2D eigenvalue weighted by Gasteiger charge is -1.97. The molecule has 0 spiro atoms. The van der Waals surface area contributed by atoms with Gasteiger partial charge < -0.3 is 5.73 Å². The first-order valence-electron chi connectivity index (χ1n) is 4.74. The van der Waals surface area contributed by atoms with Gasteiger partial charge in [-0.25, -0.2) is 0 Å². The maximum absolute atomic E-state index is 11.0. The number of benzene rings is 1. The number of halogens is 1. The molecule has 1 aromatic carbocycles. The van der Waals surface area contributed by atoms with Crippen LogP contribution in [0.25, 0.3) is 5.69 Å². The molecule has 2 aromatic rings. The van der Waals surface area contributed by atoms with Crippen molar-refractivity contribution >= 4 is 21.8 Å². The van der Waals surface area contributed by atoms with Crippen molar-refractivity contribution in [1.29, 1.82) is 0 Å². The highest BCUT2D eigenvalue weighted by molar-refractivity contribution is 9.10. The Bertz CT molecular complexity index is 523. The normalized spacial score (nSPS) is 10.1. The number of nitrogens with zero attached hydrogens (tertiary/aromatic N) is 1. The lowest BCUT2D eigenvalue weighted by molar-refractivity contribution is -0.595. The molecule has 2 N–H and O–H groups in total. The van der Waals surface area contributed by atoms with E-state index in [9.17, 15) is 4.79 Å². The Morgan fingerprint density at radius 1 is 1.19 bits per heavy atom. The zero-order chi connectivity index (χ0) is 11.5. The number of aromatic nitrogens is 1. The Kier molecular flexibility index (Phi) is 3.01. The zero-order valence-corrected chi connectivity index (χ0v) is 10.0. The highest BCUT2D eigenvalue weighted by atomic mass is 79.9. The van der Waals surface area contributed by atoms with Gasteiger partial charge in [-0.2, -0.15) is 4.57 Å².